The van der Waals surface area contributed by atoms with Crippen LogP contribution in [0, 0.1) is 0 Å². The molecule has 2 aliphatic rings. The van der Waals surface area contributed by atoms with Crippen LogP contribution in [0.2, 0.25) is 0 Å². The summed E-state index contributed by atoms with van der Waals surface area (Å²) >= 11 is 1.49. The number of carbonyl (C=O) groups is 2. The summed E-state index contributed by atoms with van der Waals surface area (Å²) in [6.07, 6.45) is 2.76. The van der Waals surface area contributed by atoms with Gasteiger partial charge in [-0.15, -0.1) is 11.3 Å². The van der Waals surface area contributed by atoms with Crippen LogP contribution < -0.4 is 0 Å². The van der Waals surface area contributed by atoms with E-state index in [-0.39, 0.29) is 18.4 Å². The maximum absolute atomic E-state index is 13.2. The third-order valence-corrected chi connectivity index (χ3v) is 6.22. The summed E-state index contributed by atoms with van der Waals surface area (Å²) in [4.78, 5) is 32.8. The molecule has 2 aliphatic heterocycles. The van der Waals surface area contributed by atoms with Crippen molar-refractivity contribution >= 4 is 28.7 Å². The van der Waals surface area contributed by atoms with Gasteiger partial charge in [-0.05, 0) is 24.3 Å². The number of aliphatic hydroxyl groups is 1. The molecule has 160 valence electrons. The van der Waals surface area contributed by atoms with Crippen molar-refractivity contribution in [3.05, 3.63) is 28.1 Å². The fraction of sp³-hybridized carbons (Fsp3) is 0.619. The Morgan fingerprint density at radius 2 is 1.83 bits per heavy atom. The van der Waals surface area contributed by atoms with Crippen molar-refractivity contribution in [2.75, 3.05) is 59.1 Å². The lowest BCUT2D eigenvalue weighted by Crippen LogP contribution is -2.48. The van der Waals surface area contributed by atoms with E-state index in [0.29, 0.717) is 50.5 Å². The van der Waals surface area contributed by atoms with Crippen molar-refractivity contribution in [2.24, 2.45) is 0 Å². The van der Waals surface area contributed by atoms with E-state index in [2.05, 4.69) is 11.8 Å². The molecule has 0 aromatic carbocycles. The van der Waals surface area contributed by atoms with Crippen LogP contribution in [0.3, 0.4) is 0 Å². The third-order valence-electron chi connectivity index (χ3n) is 5.33. The molecule has 3 heterocycles. The Kier molecular flexibility index (Phi) is 8.23. The van der Waals surface area contributed by atoms with Crippen molar-refractivity contribution in [2.45, 2.75) is 26.2 Å². The predicted molar refractivity (Wildman–Crippen MR) is 113 cm³/mol. The fourth-order valence-electron chi connectivity index (χ4n) is 3.71. The van der Waals surface area contributed by atoms with Crippen LogP contribution in [0.15, 0.2) is 23.2 Å². The maximum Gasteiger partial charge on any atom is 0.277 e. The molecule has 2 amide bonds. The maximum atomic E-state index is 13.2. The molecule has 0 atom stereocenters. The number of imide groups is 1. The van der Waals surface area contributed by atoms with Gasteiger partial charge in [0.05, 0.1) is 12.2 Å². The number of β-amino-alcohol motifs (C(OH)–C–C–N with tert-alkyl or cyclic N) is 1. The number of unbranched alkanes of at least 4 members (excludes halogenated alkanes) is 1. The number of piperazine rings is 1. The SMILES string of the molecule is CCCCOCCCN1C(=O)C(c2cccs2)=C(N2CCN(CCO)CC2)C1=O. The molecule has 8 heteroatoms. The van der Waals surface area contributed by atoms with Crippen molar-refractivity contribution < 1.29 is 19.4 Å². The molecule has 0 saturated carbocycles. The predicted octanol–water partition coefficient (Wildman–Crippen LogP) is 1.64. The highest BCUT2D eigenvalue weighted by molar-refractivity contribution is 7.11. The average Bonchev–Trinajstić information content (AvgIpc) is 3.33. The normalized spacial score (nSPS) is 18.4. The Morgan fingerprint density at radius 3 is 2.48 bits per heavy atom. The summed E-state index contributed by atoms with van der Waals surface area (Å²) < 4.78 is 5.58. The molecule has 0 spiro atoms. The summed E-state index contributed by atoms with van der Waals surface area (Å²) in [7, 11) is 0. The first-order valence-electron chi connectivity index (χ1n) is 10.5. The molecule has 1 N–H and O–H groups in total. The molecular formula is C21H31N3O4S. The minimum Gasteiger partial charge on any atom is -0.395 e. The third kappa shape index (κ3) is 5.25. The minimum atomic E-state index is -0.196. The summed E-state index contributed by atoms with van der Waals surface area (Å²) in [5, 5.41) is 11.1. The van der Waals surface area contributed by atoms with Gasteiger partial charge in [0.1, 0.15) is 5.70 Å². The number of carbonyl (C=O) groups excluding carboxylic acids is 2. The van der Waals surface area contributed by atoms with Crippen LogP contribution >= 0.6 is 11.3 Å². The first-order chi connectivity index (χ1) is 14.2. The fourth-order valence-corrected chi connectivity index (χ4v) is 4.48. The Hall–Kier alpha value is -1.74. The lowest BCUT2D eigenvalue weighted by molar-refractivity contribution is -0.137. The summed E-state index contributed by atoms with van der Waals surface area (Å²) in [5.41, 5.74) is 1.07. The zero-order chi connectivity index (χ0) is 20.6. The van der Waals surface area contributed by atoms with Gasteiger partial charge in [-0.1, -0.05) is 19.4 Å². The molecule has 3 rings (SSSR count). The largest absolute Gasteiger partial charge is 0.395 e. The highest BCUT2D eigenvalue weighted by Crippen LogP contribution is 2.34. The Morgan fingerprint density at radius 1 is 1.07 bits per heavy atom. The second-order valence-corrected chi connectivity index (χ2v) is 8.28. The van der Waals surface area contributed by atoms with E-state index in [4.69, 9.17) is 9.84 Å². The summed E-state index contributed by atoms with van der Waals surface area (Å²) in [6, 6.07) is 3.82. The zero-order valence-corrected chi connectivity index (χ0v) is 18.0. The van der Waals surface area contributed by atoms with E-state index < -0.39 is 0 Å². The Balaban J connectivity index is 1.69. The van der Waals surface area contributed by atoms with Crippen molar-refractivity contribution in [3.63, 3.8) is 0 Å². The molecule has 0 unspecified atom stereocenters. The molecule has 0 bridgehead atoms. The van der Waals surface area contributed by atoms with E-state index in [9.17, 15) is 9.59 Å². The van der Waals surface area contributed by atoms with E-state index in [1.165, 1.54) is 16.2 Å². The molecule has 1 fully saturated rings. The van der Waals surface area contributed by atoms with Gasteiger partial charge in [-0.25, -0.2) is 0 Å². The van der Waals surface area contributed by atoms with Crippen molar-refractivity contribution in [3.8, 4) is 0 Å². The van der Waals surface area contributed by atoms with Gasteiger partial charge < -0.3 is 14.7 Å². The molecule has 29 heavy (non-hydrogen) atoms. The number of rotatable bonds is 11. The zero-order valence-electron chi connectivity index (χ0n) is 17.1. The molecule has 1 saturated heterocycles. The average molecular weight is 422 g/mol. The molecule has 1 aromatic rings. The monoisotopic (exact) mass is 421 g/mol. The molecule has 7 nitrogen and oxygen atoms in total. The highest BCUT2D eigenvalue weighted by Gasteiger charge is 2.42. The van der Waals surface area contributed by atoms with Gasteiger partial charge in [-0.3, -0.25) is 19.4 Å². The standard InChI is InChI=1S/C21H31N3O4S/c1-2-3-14-28-15-5-7-24-20(26)18(17-6-4-16-29-17)19(21(24)27)23-10-8-22(9-11-23)12-13-25/h4,6,16,25H,2-3,5,7-15H2,1H3. The van der Waals surface area contributed by atoms with Crippen LogP contribution in [0.5, 0.6) is 0 Å². The molecule has 0 aliphatic carbocycles. The van der Waals surface area contributed by atoms with Gasteiger partial charge in [-0.2, -0.15) is 0 Å². The number of amides is 2. The number of hydrogen-bond acceptors (Lipinski definition) is 7. The van der Waals surface area contributed by atoms with Crippen LogP contribution in [0.4, 0.5) is 0 Å². The second-order valence-electron chi connectivity index (χ2n) is 7.33. The van der Waals surface area contributed by atoms with E-state index >= 15 is 0 Å². The lowest BCUT2D eigenvalue weighted by Gasteiger charge is -2.36. The lowest BCUT2D eigenvalue weighted by atomic mass is 10.1. The summed E-state index contributed by atoms with van der Waals surface area (Å²) in [6.45, 7) is 7.45. The van der Waals surface area contributed by atoms with Crippen LogP contribution in [0.25, 0.3) is 5.57 Å². The number of aliphatic hydroxyl groups excluding tert-OH is 1. The van der Waals surface area contributed by atoms with Gasteiger partial charge in [0.25, 0.3) is 11.8 Å². The van der Waals surface area contributed by atoms with Crippen molar-refractivity contribution in [1.82, 2.24) is 14.7 Å². The Bertz CT molecular complexity index is 712. The quantitative estimate of drug-likeness (QED) is 0.433. The first kappa shape index (κ1) is 22.0. The van der Waals surface area contributed by atoms with Crippen LogP contribution in [-0.2, 0) is 14.3 Å². The first-order valence-corrected chi connectivity index (χ1v) is 11.4. The van der Waals surface area contributed by atoms with Gasteiger partial charge in [0.15, 0.2) is 0 Å². The number of hydrogen-bond donors (Lipinski definition) is 1. The van der Waals surface area contributed by atoms with Gasteiger partial charge in [0, 0.05) is 57.4 Å². The van der Waals surface area contributed by atoms with E-state index in [1.807, 2.05) is 22.4 Å². The number of ether oxygens (including phenoxy) is 1. The van der Waals surface area contributed by atoms with Crippen molar-refractivity contribution in [1.29, 1.82) is 0 Å². The van der Waals surface area contributed by atoms with E-state index in [1.54, 1.807) is 0 Å². The second kappa shape index (κ2) is 10.9. The molecule has 1 aromatic heterocycles. The number of thiophene rings is 1. The number of nitrogens with zero attached hydrogens (tertiary/aromatic N) is 3. The minimum absolute atomic E-state index is 0.134. The summed E-state index contributed by atoms with van der Waals surface area (Å²) in [5.74, 6) is -0.388. The van der Waals surface area contributed by atoms with E-state index in [0.717, 1.165) is 37.4 Å². The van der Waals surface area contributed by atoms with Gasteiger partial charge in [0.2, 0.25) is 0 Å². The van der Waals surface area contributed by atoms with Crippen LogP contribution in [0.1, 0.15) is 31.1 Å². The highest BCUT2D eigenvalue weighted by atomic mass is 32.1. The molecule has 0 radical (unpaired) electrons. The molecular weight excluding hydrogens is 390 g/mol. The topological polar surface area (TPSA) is 73.3 Å². The Labute approximate surface area is 176 Å². The van der Waals surface area contributed by atoms with Crippen LogP contribution in [-0.4, -0.2) is 90.7 Å². The smallest absolute Gasteiger partial charge is 0.277 e. The van der Waals surface area contributed by atoms with Gasteiger partial charge >= 0.3 is 0 Å².